The summed E-state index contributed by atoms with van der Waals surface area (Å²) in [5.41, 5.74) is 0.689. The smallest absolute Gasteiger partial charge is 0.256 e. The van der Waals surface area contributed by atoms with E-state index in [1.165, 1.54) is 22.1 Å². The van der Waals surface area contributed by atoms with Gasteiger partial charge in [-0.2, -0.15) is 9.78 Å². The molecule has 0 unspecified atom stereocenters. The van der Waals surface area contributed by atoms with Crippen molar-refractivity contribution in [2.24, 2.45) is 5.41 Å². The normalized spacial score (nSPS) is 11.5. The molecule has 0 saturated carbocycles. The maximum atomic E-state index is 13.3. The van der Waals surface area contributed by atoms with Gasteiger partial charge in [-0.15, -0.1) is 11.3 Å². The molecule has 0 aliphatic carbocycles. The van der Waals surface area contributed by atoms with Crippen LogP contribution in [0.5, 0.6) is 0 Å². The molecule has 4 aromatic heterocycles. The highest BCUT2D eigenvalue weighted by Crippen LogP contribution is 2.29. The van der Waals surface area contributed by atoms with Crippen molar-refractivity contribution in [1.29, 1.82) is 0 Å². The van der Waals surface area contributed by atoms with Gasteiger partial charge in [0.05, 0.1) is 35.1 Å². The van der Waals surface area contributed by atoms with Crippen molar-refractivity contribution < 1.29 is 9.90 Å². The molecule has 4 rings (SSSR count). The molecule has 0 atom stereocenters. The van der Waals surface area contributed by atoms with E-state index in [4.69, 9.17) is 11.6 Å². The Hall–Kier alpha value is -3.47. The van der Waals surface area contributed by atoms with Gasteiger partial charge in [-0.3, -0.25) is 19.1 Å². The number of aliphatic hydroxyl groups is 1. The zero-order valence-electron chi connectivity index (χ0n) is 21.1. The summed E-state index contributed by atoms with van der Waals surface area (Å²) in [7, 11) is 3.73. The maximum absolute atomic E-state index is 13.3. The Bertz CT molecular complexity index is 1460. The molecule has 0 saturated heterocycles. The fourth-order valence-corrected chi connectivity index (χ4v) is 4.74. The minimum Gasteiger partial charge on any atom is -0.395 e. The third-order valence-corrected chi connectivity index (χ3v) is 7.10. The second-order valence-electron chi connectivity index (χ2n) is 9.52. The fourth-order valence-electron chi connectivity index (χ4n) is 3.72. The highest BCUT2D eigenvalue weighted by atomic mass is 35.5. The van der Waals surface area contributed by atoms with Crippen LogP contribution in [0.2, 0.25) is 4.34 Å². The number of nitrogens with one attached hydrogen (secondary N) is 1. The molecular weight excluding hydrogens is 512 g/mol. The average molecular weight is 541 g/mol. The molecule has 0 aromatic carbocycles. The lowest BCUT2D eigenvalue weighted by Gasteiger charge is -2.21. The SMILES string of the molecule is CN(C)c1cc(-c2cc(NCc3ccc(Cl)s3)n(C(=O)C(C)(C)CO)n2)cc(=O)n1Cc1cccnc1. The van der Waals surface area contributed by atoms with Crippen molar-refractivity contribution >= 4 is 40.5 Å². The molecule has 194 valence electrons. The number of aromatic nitrogens is 4. The monoisotopic (exact) mass is 540 g/mol. The Morgan fingerprint density at radius 3 is 2.62 bits per heavy atom. The van der Waals surface area contributed by atoms with Gasteiger partial charge < -0.3 is 15.3 Å². The Labute approximate surface area is 224 Å². The van der Waals surface area contributed by atoms with Gasteiger partial charge in [0.25, 0.3) is 11.5 Å². The molecule has 9 nitrogen and oxygen atoms in total. The van der Waals surface area contributed by atoms with Crippen molar-refractivity contribution in [3.05, 3.63) is 80.0 Å². The molecule has 2 N–H and O–H groups in total. The van der Waals surface area contributed by atoms with Crippen molar-refractivity contribution in [3.63, 3.8) is 0 Å². The lowest BCUT2D eigenvalue weighted by molar-refractivity contribution is 0.0616. The number of pyridine rings is 2. The Kier molecular flexibility index (Phi) is 7.82. The van der Waals surface area contributed by atoms with Gasteiger partial charge in [-0.1, -0.05) is 17.7 Å². The number of carbonyl (C=O) groups is 1. The summed E-state index contributed by atoms with van der Waals surface area (Å²) >= 11 is 7.50. The van der Waals surface area contributed by atoms with Crippen molar-refractivity contribution in [2.45, 2.75) is 26.9 Å². The quantitative estimate of drug-likeness (QED) is 0.327. The van der Waals surface area contributed by atoms with E-state index in [1.54, 1.807) is 36.9 Å². The van der Waals surface area contributed by atoms with Crippen LogP contribution in [0.4, 0.5) is 11.6 Å². The van der Waals surface area contributed by atoms with Crippen molar-refractivity contribution in [2.75, 3.05) is 30.9 Å². The molecule has 4 heterocycles. The Morgan fingerprint density at radius 1 is 1.22 bits per heavy atom. The summed E-state index contributed by atoms with van der Waals surface area (Å²) in [5.74, 6) is 0.772. The van der Waals surface area contributed by atoms with E-state index < -0.39 is 5.41 Å². The highest BCUT2D eigenvalue weighted by molar-refractivity contribution is 7.16. The van der Waals surface area contributed by atoms with Gasteiger partial charge in [0.1, 0.15) is 11.6 Å². The molecule has 4 aromatic rings. The van der Waals surface area contributed by atoms with E-state index in [0.29, 0.717) is 40.3 Å². The van der Waals surface area contributed by atoms with Crippen LogP contribution >= 0.6 is 22.9 Å². The van der Waals surface area contributed by atoms with Crippen LogP contribution in [0.25, 0.3) is 11.3 Å². The van der Waals surface area contributed by atoms with Gasteiger partial charge >= 0.3 is 0 Å². The largest absolute Gasteiger partial charge is 0.395 e. The predicted molar refractivity (Wildman–Crippen MR) is 148 cm³/mol. The molecule has 0 aliphatic heterocycles. The first-order chi connectivity index (χ1) is 17.6. The molecule has 0 radical (unpaired) electrons. The number of nitrogens with zero attached hydrogens (tertiary/aromatic N) is 5. The third-order valence-electron chi connectivity index (χ3n) is 5.87. The first-order valence-electron chi connectivity index (χ1n) is 11.6. The van der Waals surface area contributed by atoms with Crippen LogP contribution in [0.1, 0.15) is 29.1 Å². The number of thiophene rings is 1. The summed E-state index contributed by atoms with van der Waals surface area (Å²) in [6, 6.07) is 12.6. The molecule has 0 spiro atoms. The van der Waals surface area contributed by atoms with Crippen LogP contribution < -0.4 is 15.8 Å². The van der Waals surface area contributed by atoms with E-state index in [9.17, 15) is 14.7 Å². The van der Waals surface area contributed by atoms with Crippen LogP contribution in [0.3, 0.4) is 0 Å². The lowest BCUT2D eigenvalue weighted by atomic mass is 9.94. The van der Waals surface area contributed by atoms with Gasteiger partial charge in [0.2, 0.25) is 0 Å². The second-order valence-corrected chi connectivity index (χ2v) is 11.3. The first-order valence-corrected chi connectivity index (χ1v) is 12.8. The molecule has 11 heteroatoms. The minimum absolute atomic E-state index is 0.204. The van der Waals surface area contributed by atoms with Gasteiger partial charge in [0.15, 0.2) is 0 Å². The van der Waals surface area contributed by atoms with E-state index in [2.05, 4.69) is 15.4 Å². The van der Waals surface area contributed by atoms with Crippen LogP contribution in [0, 0.1) is 5.41 Å². The standard InChI is InChI=1S/C26H29ClN6O3S/c1-26(2,16-34)25(36)33-22(29-14-19-7-8-21(27)37-19)12-20(30-33)18-10-23(31(3)4)32(24(35)11-18)15-17-6-5-9-28-13-17/h5-13,29,34H,14-16H2,1-4H3. The average Bonchev–Trinajstić information content (AvgIpc) is 3.49. The molecule has 0 bridgehead atoms. The van der Waals surface area contributed by atoms with Crippen molar-refractivity contribution in [3.8, 4) is 11.3 Å². The number of carbonyl (C=O) groups excluding carboxylic acids is 1. The summed E-state index contributed by atoms with van der Waals surface area (Å²) in [6.45, 7) is 3.78. The van der Waals surface area contributed by atoms with Crippen LogP contribution in [-0.4, -0.2) is 51.0 Å². The zero-order valence-corrected chi connectivity index (χ0v) is 22.7. The number of hydrogen-bond donors (Lipinski definition) is 2. The predicted octanol–water partition coefficient (Wildman–Crippen LogP) is 4.21. The van der Waals surface area contributed by atoms with Crippen LogP contribution in [-0.2, 0) is 13.1 Å². The number of aliphatic hydroxyl groups excluding tert-OH is 1. The number of hydrogen-bond acceptors (Lipinski definition) is 8. The zero-order chi connectivity index (χ0) is 26.7. The van der Waals surface area contributed by atoms with Gasteiger partial charge in [0, 0.05) is 49.1 Å². The Morgan fingerprint density at radius 2 is 2.00 bits per heavy atom. The Balaban J connectivity index is 1.75. The molecular formula is C26H29ClN6O3S. The number of anilines is 2. The lowest BCUT2D eigenvalue weighted by Crippen LogP contribution is -2.34. The van der Waals surface area contributed by atoms with Crippen molar-refractivity contribution in [1.82, 2.24) is 19.3 Å². The van der Waals surface area contributed by atoms with E-state index in [0.717, 1.165) is 10.4 Å². The third kappa shape index (κ3) is 5.93. The van der Waals surface area contributed by atoms with Gasteiger partial charge in [-0.25, -0.2) is 0 Å². The summed E-state index contributed by atoms with van der Waals surface area (Å²) in [4.78, 5) is 33.5. The molecule has 0 aliphatic rings. The number of halogens is 1. The molecule has 0 amide bonds. The molecule has 37 heavy (non-hydrogen) atoms. The summed E-state index contributed by atoms with van der Waals surface area (Å²) in [6.07, 6.45) is 3.42. The first kappa shape index (κ1) is 26.6. The minimum atomic E-state index is -1.05. The topological polar surface area (TPSA) is 105 Å². The highest BCUT2D eigenvalue weighted by Gasteiger charge is 2.31. The van der Waals surface area contributed by atoms with E-state index in [-0.39, 0.29) is 18.1 Å². The summed E-state index contributed by atoms with van der Waals surface area (Å²) < 4.78 is 3.60. The fraction of sp³-hybridized carbons (Fsp3) is 0.308. The van der Waals surface area contributed by atoms with E-state index >= 15 is 0 Å². The molecule has 0 fully saturated rings. The maximum Gasteiger partial charge on any atom is 0.256 e. The second kappa shape index (κ2) is 10.9. The van der Waals surface area contributed by atoms with Crippen LogP contribution in [0.15, 0.2) is 59.7 Å². The van der Waals surface area contributed by atoms with Gasteiger partial charge in [-0.05, 0) is 43.7 Å². The van der Waals surface area contributed by atoms with E-state index in [1.807, 2.05) is 49.3 Å². The summed E-state index contributed by atoms with van der Waals surface area (Å²) in [5, 5.41) is 17.6. The number of rotatable bonds is 9.